The van der Waals surface area contributed by atoms with E-state index in [4.69, 9.17) is 0 Å². The van der Waals surface area contributed by atoms with Crippen molar-refractivity contribution in [3.8, 4) is 0 Å². The second kappa shape index (κ2) is 7.19. The molecule has 13 heavy (non-hydrogen) atoms. The van der Waals surface area contributed by atoms with Gasteiger partial charge in [0.15, 0.2) is 0 Å². The zero-order chi connectivity index (χ0) is 9.78. The van der Waals surface area contributed by atoms with Crippen molar-refractivity contribution in [2.45, 2.75) is 46.6 Å². The molecule has 1 radical (unpaired) electrons. The Morgan fingerprint density at radius 1 is 1.38 bits per heavy atom. The van der Waals surface area contributed by atoms with Gasteiger partial charge >= 0.3 is 0 Å². The summed E-state index contributed by atoms with van der Waals surface area (Å²) in [5.74, 6) is 0.234. The fourth-order valence-electron chi connectivity index (χ4n) is 1.46. The van der Waals surface area contributed by atoms with E-state index >= 15 is 0 Å². The summed E-state index contributed by atoms with van der Waals surface area (Å²) in [5.41, 5.74) is 0.165. The van der Waals surface area contributed by atoms with Crippen molar-refractivity contribution in [2.75, 3.05) is 6.54 Å². The monoisotopic (exact) mass is 346 g/mol. The average Bonchev–Trinajstić information content (AvgIpc) is 2.03. The molecule has 1 atom stereocenters. The Morgan fingerprint density at radius 3 is 2.08 bits per heavy atom. The Labute approximate surface area is 111 Å². The Hall–Kier alpha value is 0.864. The molecular formula is C10H21LuNO. The summed E-state index contributed by atoms with van der Waals surface area (Å²) in [6.07, 6.45) is 0.736. The maximum absolute atomic E-state index is 10.2. The van der Waals surface area contributed by atoms with Crippen LogP contribution in [0.25, 0.3) is 0 Å². The SMILES string of the molecule is CCN=C(C)C(O)(CC)C(C)C.[Lu]. The van der Waals surface area contributed by atoms with Gasteiger partial charge in [-0.15, -0.1) is 0 Å². The van der Waals surface area contributed by atoms with Crippen molar-refractivity contribution >= 4 is 5.71 Å². The second-order valence-electron chi connectivity index (χ2n) is 3.49. The molecule has 0 fully saturated rings. The molecule has 0 spiro atoms. The molecule has 0 rings (SSSR count). The van der Waals surface area contributed by atoms with Gasteiger partial charge in [0.2, 0.25) is 0 Å². The Kier molecular flexibility index (Phi) is 9.02. The largest absolute Gasteiger partial charge is 0.384 e. The summed E-state index contributed by atoms with van der Waals surface area (Å²) in [5, 5.41) is 10.2. The number of aliphatic hydroxyl groups is 1. The van der Waals surface area contributed by atoms with Crippen LogP contribution in [0.5, 0.6) is 0 Å². The van der Waals surface area contributed by atoms with E-state index < -0.39 is 5.60 Å². The summed E-state index contributed by atoms with van der Waals surface area (Å²) in [6.45, 7) is 10.7. The van der Waals surface area contributed by atoms with E-state index in [2.05, 4.69) is 4.99 Å². The maximum Gasteiger partial charge on any atom is 0.104 e. The molecule has 0 saturated heterocycles. The third-order valence-electron chi connectivity index (χ3n) is 2.52. The third kappa shape index (κ3) is 4.27. The van der Waals surface area contributed by atoms with Gasteiger partial charge in [-0.1, -0.05) is 20.8 Å². The van der Waals surface area contributed by atoms with Crippen molar-refractivity contribution in [2.24, 2.45) is 10.9 Å². The Morgan fingerprint density at radius 2 is 1.85 bits per heavy atom. The average molecular weight is 346 g/mol. The van der Waals surface area contributed by atoms with Gasteiger partial charge in [-0.05, 0) is 26.2 Å². The summed E-state index contributed by atoms with van der Waals surface area (Å²) >= 11 is 0. The van der Waals surface area contributed by atoms with Crippen LogP contribution in [-0.4, -0.2) is 23.0 Å². The van der Waals surface area contributed by atoms with Crippen LogP contribution in [0.15, 0.2) is 4.99 Å². The van der Waals surface area contributed by atoms with Crippen molar-refractivity contribution in [1.29, 1.82) is 0 Å². The Bertz CT molecular complexity index is 168. The van der Waals surface area contributed by atoms with E-state index in [1.54, 1.807) is 0 Å². The van der Waals surface area contributed by atoms with Crippen LogP contribution in [0.3, 0.4) is 0 Å². The predicted molar refractivity (Wildman–Crippen MR) is 53.7 cm³/mol. The number of hydrogen-bond acceptors (Lipinski definition) is 2. The standard InChI is InChI=1S/C10H21NO.Lu/c1-6-10(12,8(3)4)9(5)11-7-2;/h8,12H,6-7H2,1-5H3;. The zero-order valence-electron chi connectivity index (χ0n) is 9.14. The summed E-state index contributed by atoms with van der Waals surface area (Å²) < 4.78 is 0. The van der Waals surface area contributed by atoms with Gasteiger partial charge in [0.25, 0.3) is 0 Å². The van der Waals surface area contributed by atoms with Crippen molar-refractivity contribution in [3.63, 3.8) is 0 Å². The van der Waals surface area contributed by atoms with E-state index in [9.17, 15) is 5.11 Å². The minimum atomic E-state index is -0.698. The van der Waals surface area contributed by atoms with Gasteiger partial charge in [0.05, 0.1) is 0 Å². The number of rotatable bonds is 4. The Balaban J connectivity index is 0. The normalized spacial score (nSPS) is 16.7. The molecule has 0 aliphatic carbocycles. The molecule has 1 unspecified atom stereocenters. The first-order valence-corrected chi connectivity index (χ1v) is 4.72. The fraction of sp³-hybridized carbons (Fsp3) is 0.900. The molecule has 0 heterocycles. The first-order chi connectivity index (χ1) is 5.49. The molecule has 0 aromatic carbocycles. The van der Waals surface area contributed by atoms with E-state index in [1.165, 1.54) is 0 Å². The van der Waals surface area contributed by atoms with Crippen LogP contribution >= 0.6 is 0 Å². The first-order valence-electron chi connectivity index (χ1n) is 4.72. The third-order valence-corrected chi connectivity index (χ3v) is 2.52. The minimum absolute atomic E-state index is 0. The molecule has 1 N–H and O–H groups in total. The van der Waals surface area contributed by atoms with Crippen LogP contribution in [0.1, 0.15) is 41.0 Å². The molecule has 0 amide bonds. The molecule has 0 saturated carbocycles. The fourth-order valence-corrected chi connectivity index (χ4v) is 1.46. The molecular weight excluding hydrogens is 325 g/mol. The van der Waals surface area contributed by atoms with Gasteiger partial charge in [-0.2, -0.15) is 0 Å². The summed E-state index contributed by atoms with van der Waals surface area (Å²) in [6, 6.07) is 0. The van der Waals surface area contributed by atoms with Crippen LogP contribution in [0.2, 0.25) is 0 Å². The summed E-state index contributed by atoms with van der Waals surface area (Å²) in [4.78, 5) is 4.26. The smallest absolute Gasteiger partial charge is 0.104 e. The van der Waals surface area contributed by atoms with Gasteiger partial charge in [-0.3, -0.25) is 4.99 Å². The minimum Gasteiger partial charge on any atom is -0.384 e. The maximum atomic E-state index is 10.2. The zero-order valence-corrected chi connectivity index (χ0v) is 10.8. The molecule has 0 aliphatic heterocycles. The van der Waals surface area contributed by atoms with E-state index in [0.29, 0.717) is 0 Å². The van der Waals surface area contributed by atoms with Gasteiger partial charge in [0, 0.05) is 49.1 Å². The van der Waals surface area contributed by atoms with Gasteiger partial charge in [-0.25, -0.2) is 0 Å². The van der Waals surface area contributed by atoms with Crippen molar-refractivity contribution in [3.05, 3.63) is 0 Å². The topological polar surface area (TPSA) is 32.6 Å². The molecule has 0 aromatic heterocycles. The van der Waals surface area contributed by atoms with Crippen LogP contribution < -0.4 is 0 Å². The molecule has 2 nitrogen and oxygen atoms in total. The molecule has 0 aromatic rings. The van der Waals surface area contributed by atoms with Gasteiger partial charge < -0.3 is 5.11 Å². The molecule has 87 valence electrons. The summed E-state index contributed by atoms with van der Waals surface area (Å²) in [7, 11) is 0. The first kappa shape index (κ1) is 16.3. The van der Waals surface area contributed by atoms with E-state index in [0.717, 1.165) is 18.7 Å². The number of hydrogen-bond donors (Lipinski definition) is 1. The quantitative estimate of drug-likeness (QED) is 0.779. The van der Waals surface area contributed by atoms with Crippen LogP contribution in [0.4, 0.5) is 0 Å². The van der Waals surface area contributed by atoms with Crippen molar-refractivity contribution < 1.29 is 42.0 Å². The molecule has 0 bridgehead atoms. The molecule has 3 heteroatoms. The van der Waals surface area contributed by atoms with E-state index in [-0.39, 0.29) is 42.8 Å². The van der Waals surface area contributed by atoms with Gasteiger partial charge in [0.1, 0.15) is 5.60 Å². The number of aliphatic imine (C=N–C) groups is 1. The molecule has 0 aliphatic rings. The predicted octanol–water partition coefficient (Wildman–Crippen LogP) is 2.26. The number of nitrogens with zero attached hydrogens (tertiary/aromatic N) is 1. The van der Waals surface area contributed by atoms with Crippen molar-refractivity contribution in [1.82, 2.24) is 0 Å². The van der Waals surface area contributed by atoms with Crippen LogP contribution in [0, 0.1) is 42.8 Å². The second-order valence-corrected chi connectivity index (χ2v) is 3.49. The van der Waals surface area contributed by atoms with Crippen LogP contribution in [-0.2, 0) is 0 Å². The van der Waals surface area contributed by atoms with E-state index in [1.807, 2.05) is 34.6 Å².